The van der Waals surface area contributed by atoms with Crippen LogP contribution < -0.4 is 0 Å². The largest absolute Gasteiger partial charge is 0.444 e. The molecule has 21 heteroatoms. The monoisotopic (exact) mass is 1090 g/mol. The number of rotatable bonds is 31. The normalized spacial score (nSPS) is 12.3. The van der Waals surface area contributed by atoms with Gasteiger partial charge >= 0.3 is 36.6 Å². The first kappa shape index (κ1) is 71.5. The van der Waals surface area contributed by atoms with Crippen LogP contribution in [0.4, 0.5) is 28.8 Å². The summed E-state index contributed by atoms with van der Waals surface area (Å²) >= 11 is 0. The number of carbonyl (C=O) groups is 6. The number of unbranched alkanes of at least 4 members (excludes halogenated alkanes) is 6. The standard InChI is InChI=1S/C55H106N6O15/c1-20-56(44(63)71-50(2,3)4)30-31-59(47(66)74-53(11,12)13)34-32-57(45(64)72-51(5,6)7)28-26-24-22-21-23-25-27-29-58(46(65)73-52(8,9)10)33-35-60(48(67)75-54(14,15)16)36-37-61(49(68)76-55(17,18)19)38-40-69-42-43-70-41-39-62/h62H,20-43H2,1-19H3. The maximum Gasteiger partial charge on any atom is 0.410 e. The highest BCUT2D eigenvalue weighted by Gasteiger charge is 2.31. The van der Waals surface area contributed by atoms with Gasteiger partial charge in [-0.25, -0.2) is 28.8 Å². The molecule has 0 saturated carbocycles. The molecule has 6 amide bonds. The van der Waals surface area contributed by atoms with Gasteiger partial charge in [0.2, 0.25) is 0 Å². The van der Waals surface area contributed by atoms with Gasteiger partial charge < -0.3 is 72.4 Å². The van der Waals surface area contributed by atoms with Gasteiger partial charge in [0.15, 0.2) is 0 Å². The van der Waals surface area contributed by atoms with Gasteiger partial charge in [-0.3, -0.25) is 0 Å². The molecule has 0 rings (SSSR count). The van der Waals surface area contributed by atoms with E-state index >= 15 is 0 Å². The molecule has 0 aromatic heterocycles. The van der Waals surface area contributed by atoms with Crippen LogP contribution in [0, 0.1) is 0 Å². The number of aliphatic hydroxyl groups excluding tert-OH is 1. The second kappa shape index (κ2) is 34.4. The van der Waals surface area contributed by atoms with Gasteiger partial charge in [0, 0.05) is 78.5 Å². The highest BCUT2D eigenvalue weighted by atomic mass is 16.6. The molecule has 0 bridgehead atoms. The van der Waals surface area contributed by atoms with E-state index in [-0.39, 0.29) is 91.9 Å². The summed E-state index contributed by atoms with van der Waals surface area (Å²) in [5.41, 5.74) is -4.48. The molecule has 0 aromatic carbocycles. The van der Waals surface area contributed by atoms with E-state index in [1.807, 2.05) is 27.7 Å². The molecule has 0 saturated heterocycles. The smallest absolute Gasteiger partial charge is 0.410 e. The van der Waals surface area contributed by atoms with Crippen molar-refractivity contribution in [1.29, 1.82) is 0 Å². The van der Waals surface area contributed by atoms with Crippen LogP contribution in [0.5, 0.6) is 0 Å². The number of ether oxygens (including phenoxy) is 8. The summed E-state index contributed by atoms with van der Waals surface area (Å²) in [6, 6.07) is 0. The van der Waals surface area contributed by atoms with Crippen molar-refractivity contribution in [1.82, 2.24) is 29.4 Å². The Hall–Kier alpha value is -4.50. The summed E-state index contributed by atoms with van der Waals surface area (Å²) in [5.74, 6) is 0. The fourth-order valence-corrected chi connectivity index (χ4v) is 6.83. The highest BCUT2D eigenvalue weighted by Crippen LogP contribution is 2.18. The summed E-state index contributed by atoms with van der Waals surface area (Å²) in [4.78, 5) is 89.7. The predicted molar refractivity (Wildman–Crippen MR) is 294 cm³/mol. The molecule has 0 aromatic rings. The summed E-state index contributed by atoms with van der Waals surface area (Å²) in [5, 5.41) is 8.95. The lowest BCUT2D eigenvalue weighted by molar-refractivity contribution is 0.000823. The summed E-state index contributed by atoms with van der Waals surface area (Å²) < 4.78 is 45.2. The van der Waals surface area contributed by atoms with Crippen molar-refractivity contribution in [3.05, 3.63) is 0 Å². The van der Waals surface area contributed by atoms with Crippen molar-refractivity contribution >= 4 is 36.6 Å². The van der Waals surface area contributed by atoms with E-state index in [9.17, 15) is 28.8 Å². The topological polar surface area (TPSA) is 216 Å². The highest BCUT2D eigenvalue weighted by molar-refractivity contribution is 5.71. The number of likely N-dealkylation sites (N-methyl/N-ethyl adjacent to an activating group) is 1. The van der Waals surface area contributed by atoms with Crippen molar-refractivity contribution in [3.8, 4) is 0 Å². The summed E-state index contributed by atoms with van der Waals surface area (Å²) in [6.07, 6.45) is 2.67. The van der Waals surface area contributed by atoms with E-state index in [2.05, 4.69) is 0 Å². The third-order valence-corrected chi connectivity index (χ3v) is 10.3. The zero-order chi connectivity index (χ0) is 58.6. The van der Waals surface area contributed by atoms with Gasteiger partial charge in [-0.15, -0.1) is 0 Å². The van der Waals surface area contributed by atoms with E-state index < -0.39 is 70.2 Å². The quantitative estimate of drug-likeness (QED) is 0.0505. The molecule has 0 atom stereocenters. The third kappa shape index (κ3) is 38.1. The molecular formula is C55H106N6O15. The molecule has 76 heavy (non-hydrogen) atoms. The minimum atomic E-state index is -0.802. The van der Waals surface area contributed by atoms with Crippen molar-refractivity contribution < 1.29 is 71.8 Å². The molecule has 0 aliphatic heterocycles. The summed E-state index contributed by atoms with van der Waals surface area (Å²) in [7, 11) is 0. The molecule has 0 heterocycles. The van der Waals surface area contributed by atoms with Crippen LogP contribution in [0.15, 0.2) is 0 Å². The average Bonchev–Trinajstić information content (AvgIpc) is 3.22. The number of amides is 6. The maximum atomic E-state index is 13.6. The Bertz CT molecular complexity index is 1690. The first-order chi connectivity index (χ1) is 34.8. The van der Waals surface area contributed by atoms with Crippen LogP contribution >= 0.6 is 0 Å². The molecule has 1 N–H and O–H groups in total. The fourth-order valence-electron chi connectivity index (χ4n) is 6.83. The Balaban J connectivity index is 5.83. The van der Waals surface area contributed by atoms with E-state index in [0.717, 1.165) is 32.1 Å². The number of hydrogen-bond donors (Lipinski definition) is 1. The van der Waals surface area contributed by atoms with E-state index in [0.29, 0.717) is 32.5 Å². The van der Waals surface area contributed by atoms with Gasteiger partial charge in [-0.1, -0.05) is 32.1 Å². The van der Waals surface area contributed by atoms with Crippen molar-refractivity contribution in [3.63, 3.8) is 0 Å². The molecule has 0 radical (unpaired) electrons. The predicted octanol–water partition coefficient (Wildman–Crippen LogP) is 10.2. The fraction of sp³-hybridized carbons (Fsp3) is 0.891. The molecule has 446 valence electrons. The van der Waals surface area contributed by atoms with Crippen LogP contribution in [0.2, 0.25) is 0 Å². The van der Waals surface area contributed by atoms with Gasteiger partial charge in [-0.2, -0.15) is 0 Å². The average molecular weight is 1090 g/mol. The number of aliphatic hydroxyl groups is 1. The zero-order valence-electron chi connectivity index (χ0n) is 50.8. The lowest BCUT2D eigenvalue weighted by Crippen LogP contribution is -2.48. The van der Waals surface area contributed by atoms with Crippen molar-refractivity contribution in [2.45, 2.75) is 210 Å². The van der Waals surface area contributed by atoms with E-state index in [1.54, 1.807) is 114 Å². The van der Waals surface area contributed by atoms with Crippen LogP contribution in [0.1, 0.15) is 176 Å². The maximum absolute atomic E-state index is 13.6. The van der Waals surface area contributed by atoms with Crippen LogP contribution in [0.25, 0.3) is 0 Å². The SMILES string of the molecule is CCN(CCN(CCN(CCCCCCCCCN(CCN(CCN(CCOCCOCCO)C(=O)OC(C)(C)C)C(=O)OC(C)(C)C)C(=O)OC(C)(C)C)C(=O)OC(C)(C)C)C(=O)OC(C)(C)C)C(=O)OC(C)(C)C. The van der Waals surface area contributed by atoms with Gasteiger partial charge in [0.05, 0.1) is 33.0 Å². The molecule has 0 unspecified atom stereocenters. The second-order valence-electron chi connectivity index (χ2n) is 24.8. The minimum Gasteiger partial charge on any atom is -0.444 e. The second-order valence-corrected chi connectivity index (χ2v) is 24.8. The van der Waals surface area contributed by atoms with Crippen LogP contribution in [0.3, 0.4) is 0 Å². The number of hydrogen-bond acceptors (Lipinski definition) is 15. The first-order valence-corrected chi connectivity index (χ1v) is 27.5. The summed E-state index contributed by atoms with van der Waals surface area (Å²) in [6.45, 7) is 37.5. The molecule has 0 fully saturated rings. The van der Waals surface area contributed by atoms with Crippen molar-refractivity contribution in [2.75, 3.05) is 112 Å². The van der Waals surface area contributed by atoms with E-state index in [1.165, 1.54) is 19.6 Å². The molecule has 0 spiro atoms. The number of nitrogens with zero attached hydrogens (tertiary/aromatic N) is 6. The molecular weight excluding hydrogens is 985 g/mol. The Kier molecular flexibility index (Phi) is 32.4. The Morgan fingerprint density at radius 1 is 0.289 bits per heavy atom. The van der Waals surface area contributed by atoms with Crippen molar-refractivity contribution in [2.24, 2.45) is 0 Å². The van der Waals surface area contributed by atoms with E-state index in [4.69, 9.17) is 43.0 Å². The van der Waals surface area contributed by atoms with Gasteiger partial charge in [-0.05, 0) is 144 Å². The Morgan fingerprint density at radius 3 is 0.750 bits per heavy atom. The van der Waals surface area contributed by atoms with Gasteiger partial charge in [0.25, 0.3) is 0 Å². The zero-order valence-corrected chi connectivity index (χ0v) is 50.8. The van der Waals surface area contributed by atoms with Crippen LogP contribution in [-0.4, -0.2) is 216 Å². The molecule has 0 aliphatic rings. The Morgan fingerprint density at radius 2 is 0.500 bits per heavy atom. The minimum absolute atomic E-state index is 0.0886. The first-order valence-electron chi connectivity index (χ1n) is 27.5. The number of carbonyl (C=O) groups excluding carboxylic acids is 6. The molecule has 0 aliphatic carbocycles. The van der Waals surface area contributed by atoms with Crippen LogP contribution in [-0.2, 0) is 37.9 Å². The Labute approximate surface area is 458 Å². The third-order valence-electron chi connectivity index (χ3n) is 10.3. The van der Waals surface area contributed by atoms with Gasteiger partial charge in [0.1, 0.15) is 33.6 Å². The lowest BCUT2D eigenvalue weighted by Gasteiger charge is -2.33. The molecule has 21 nitrogen and oxygen atoms in total. The lowest BCUT2D eigenvalue weighted by atomic mass is 10.1.